The highest BCUT2D eigenvalue weighted by molar-refractivity contribution is 7.89. The summed E-state index contributed by atoms with van der Waals surface area (Å²) in [5.74, 6) is -0.522. The lowest BCUT2D eigenvalue weighted by molar-refractivity contribution is 0.0940. The summed E-state index contributed by atoms with van der Waals surface area (Å²) < 4.78 is 44.3. The molecule has 9 heteroatoms. The van der Waals surface area contributed by atoms with Crippen LogP contribution in [-0.2, 0) is 17.1 Å². The molecule has 3 aromatic rings. The second kappa shape index (κ2) is 9.44. The molecular weight excluding hydrogens is 443 g/mol. The zero-order valence-electron chi connectivity index (χ0n) is 18.7. The van der Waals surface area contributed by atoms with Crippen molar-refractivity contribution in [3.05, 3.63) is 83.2 Å². The van der Waals surface area contributed by atoms with Gasteiger partial charge in [0.2, 0.25) is 10.0 Å². The Morgan fingerprint density at radius 2 is 1.85 bits per heavy atom. The maximum Gasteiger partial charge on any atom is 0.252 e. The summed E-state index contributed by atoms with van der Waals surface area (Å²) in [4.78, 5) is 17.6. The molecular formula is C24H27FN4O3S. The molecule has 1 atom stereocenters. The zero-order valence-corrected chi connectivity index (χ0v) is 19.5. The molecule has 0 bridgehead atoms. The number of nitrogens with one attached hydrogen (secondary N) is 1. The van der Waals surface area contributed by atoms with Crippen LogP contribution in [0.3, 0.4) is 0 Å². The third kappa shape index (κ3) is 4.69. The molecule has 0 radical (unpaired) electrons. The second-order valence-corrected chi connectivity index (χ2v) is 10.2. The number of hydrogen-bond donors (Lipinski definition) is 1. The van der Waals surface area contributed by atoms with E-state index in [1.807, 2.05) is 0 Å². The van der Waals surface area contributed by atoms with E-state index in [-0.39, 0.29) is 16.0 Å². The highest BCUT2D eigenvalue weighted by Gasteiger charge is 2.29. The molecule has 33 heavy (non-hydrogen) atoms. The normalized spacial score (nSPS) is 15.8. The largest absolute Gasteiger partial charge is 0.338 e. The Balaban J connectivity index is 1.68. The van der Waals surface area contributed by atoms with Crippen molar-refractivity contribution in [1.29, 1.82) is 0 Å². The van der Waals surface area contributed by atoms with Crippen molar-refractivity contribution in [1.82, 2.24) is 19.2 Å². The van der Waals surface area contributed by atoms with E-state index in [0.717, 1.165) is 19.3 Å². The maximum atomic E-state index is 14.6. The predicted molar refractivity (Wildman–Crippen MR) is 123 cm³/mol. The molecule has 0 spiro atoms. The van der Waals surface area contributed by atoms with E-state index in [0.29, 0.717) is 24.5 Å². The Morgan fingerprint density at radius 3 is 2.52 bits per heavy atom. The monoisotopic (exact) mass is 470 g/mol. The van der Waals surface area contributed by atoms with Crippen molar-refractivity contribution in [3.8, 4) is 0 Å². The number of piperidine rings is 1. The van der Waals surface area contributed by atoms with Gasteiger partial charge in [0.05, 0.1) is 4.90 Å². The number of aryl methyl sites for hydroxylation is 2. The van der Waals surface area contributed by atoms with Crippen molar-refractivity contribution >= 4 is 15.9 Å². The Hall–Kier alpha value is -3.04. The third-order valence-corrected chi connectivity index (χ3v) is 8.03. The molecule has 1 saturated heterocycles. The minimum absolute atomic E-state index is 0.122. The van der Waals surface area contributed by atoms with Crippen LogP contribution in [0.4, 0.5) is 4.39 Å². The summed E-state index contributed by atoms with van der Waals surface area (Å²) in [6, 6.07) is 9.96. The summed E-state index contributed by atoms with van der Waals surface area (Å²) in [5, 5.41) is 2.84. The number of amides is 1. The molecule has 0 aliphatic carbocycles. The Bertz CT molecular complexity index is 1270. The Morgan fingerprint density at radius 1 is 1.12 bits per heavy atom. The number of nitrogens with zero attached hydrogens (tertiary/aromatic N) is 3. The quantitative estimate of drug-likeness (QED) is 0.597. The van der Waals surface area contributed by atoms with Gasteiger partial charge in [0, 0.05) is 43.7 Å². The fourth-order valence-electron chi connectivity index (χ4n) is 4.12. The average Bonchev–Trinajstić information content (AvgIpc) is 3.24. The van der Waals surface area contributed by atoms with E-state index in [1.165, 1.54) is 16.4 Å². The predicted octanol–water partition coefficient (Wildman–Crippen LogP) is 3.56. The highest BCUT2D eigenvalue weighted by Crippen LogP contribution is 2.26. The fourth-order valence-corrected chi connectivity index (χ4v) is 5.89. The first-order valence-electron chi connectivity index (χ1n) is 10.9. The third-order valence-electron chi connectivity index (χ3n) is 5.99. The van der Waals surface area contributed by atoms with Gasteiger partial charge in [-0.25, -0.2) is 17.8 Å². The molecule has 1 aliphatic rings. The van der Waals surface area contributed by atoms with E-state index in [4.69, 9.17) is 0 Å². The first kappa shape index (κ1) is 23.1. The van der Waals surface area contributed by atoms with Crippen LogP contribution in [0.25, 0.3) is 0 Å². The van der Waals surface area contributed by atoms with E-state index in [2.05, 4.69) is 10.3 Å². The number of benzene rings is 2. The molecule has 7 nitrogen and oxygen atoms in total. The van der Waals surface area contributed by atoms with E-state index in [1.54, 1.807) is 61.3 Å². The van der Waals surface area contributed by atoms with Crippen LogP contribution >= 0.6 is 0 Å². The van der Waals surface area contributed by atoms with Crippen LogP contribution in [0.5, 0.6) is 0 Å². The van der Waals surface area contributed by atoms with Crippen molar-refractivity contribution < 1.29 is 17.6 Å². The van der Waals surface area contributed by atoms with Crippen LogP contribution < -0.4 is 5.32 Å². The summed E-state index contributed by atoms with van der Waals surface area (Å²) >= 11 is 0. The molecule has 2 aromatic carbocycles. The van der Waals surface area contributed by atoms with Crippen LogP contribution in [-0.4, -0.2) is 41.3 Å². The molecule has 2 heterocycles. The van der Waals surface area contributed by atoms with Crippen LogP contribution in [0.1, 0.15) is 52.6 Å². The van der Waals surface area contributed by atoms with Crippen molar-refractivity contribution in [3.63, 3.8) is 0 Å². The minimum atomic E-state index is -3.71. The first-order chi connectivity index (χ1) is 15.8. The van der Waals surface area contributed by atoms with Gasteiger partial charge >= 0.3 is 0 Å². The molecule has 1 aromatic heterocycles. The number of rotatable bonds is 6. The minimum Gasteiger partial charge on any atom is -0.338 e. The molecule has 0 unspecified atom stereocenters. The van der Waals surface area contributed by atoms with Gasteiger partial charge in [0.1, 0.15) is 17.7 Å². The van der Waals surface area contributed by atoms with Crippen molar-refractivity contribution in [2.45, 2.75) is 37.1 Å². The van der Waals surface area contributed by atoms with Crippen LogP contribution in [0.15, 0.2) is 59.8 Å². The van der Waals surface area contributed by atoms with Gasteiger partial charge in [-0.2, -0.15) is 4.31 Å². The smallest absolute Gasteiger partial charge is 0.252 e. The lowest BCUT2D eigenvalue weighted by Gasteiger charge is -2.26. The van der Waals surface area contributed by atoms with Gasteiger partial charge in [-0.15, -0.1) is 0 Å². The molecule has 1 fully saturated rings. The van der Waals surface area contributed by atoms with E-state index in [9.17, 15) is 17.6 Å². The lowest BCUT2D eigenvalue weighted by atomic mass is 10.0. The van der Waals surface area contributed by atoms with Gasteiger partial charge in [0.15, 0.2) is 0 Å². The zero-order chi connectivity index (χ0) is 23.6. The van der Waals surface area contributed by atoms with Gasteiger partial charge in [-0.05, 0) is 43.5 Å². The van der Waals surface area contributed by atoms with Crippen molar-refractivity contribution in [2.75, 3.05) is 13.1 Å². The van der Waals surface area contributed by atoms with Crippen LogP contribution in [0, 0.1) is 12.7 Å². The van der Waals surface area contributed by atoms with Crippen LogP contribution in [0.2, 0.25) is 0 Å². The van der Waals surface area contributed by atoms with Gasteiger partial charge in [-0.1, -0.05) is 30.7 Å². The molecule has 1 aliphatic heterocycles. The van der Waals surface area contributed by atoms with E-state index < -0.39 is 27.8 Å². The molecule has 1 N–H and O–H groups in total. The maximum absolute atomic E-state index is 14.6. The summed E-state index contributed by atoms with van der Waals surface area (Å²) in [7, 11) is -1.95. The second-order valence-electron chi connectivity index (χ2n) is 8.27. The fraction of sp³-hybridized carbons (Fsp3) is 0.333. The van der Waals surface area contributed by atoms with E-state index >= 15 is 0 Å². The molecule has 4 rings (SSSR count). The molecule has 1 amide bonds. The number of aromatic nitrogens is 2. The highest BCUT2D eigenvalue weighted by atomic mass is 32.2. The average molecular weight is 471 g/mol. The summed E-state index contributed by atoms with van der Waals surface area (Å²) in [6.45, 7) is 2.67. The number of halogens is 1. The summed E-state index contributed by atoms with van der Waals surface area (Å²) in [5.41, 5.74) is 1.03. The number of carbonyl (C=O) groups is 1. The first-order valence-corrected chi connectivity index (χ1v) is 12.4. The topological polar surface area (TPSA) is 84.3 Å². The number of hydrogen-bond acceptors (Lipinski definition) is 4. The summed E-state index contributed by atoms with van der Waals surface area (Å²) in [6.07, 6.45) is 5.95. The van der Waals surface area contributed by atoms with Gasteiger partial charge < -0.3 is 9.88 Å². The number of imidazole rings is 1. The lowest BCUT2D eigenvalue weighted by Crippen LogP contribution is -2.36. The Labute approximate surface area is 193 Å². The molecule has 0 saturated carbocycles. The number of sulfonamides is 1. The molecule has 174 valence electrons. The number of carbonyl (C=O) groups excluding carboxylic acids is 1. The van der Waals surface area contributed by atoms with Gasteiger partial charge in [0.25, 0.3) is 5.91 Å². The SMILES string of the molecule is Cc1ccc(C(=O)N[C@H](c2ccccc2F)c2nccn2C)cc1S(=O)(=O)N1CCCCC1. The van der Waals surface area contributed by atoms with Gasteiger partial charge in [-0.3, -0.25) is 4.79 Å². The van der Waals surface area contributed by atoms with Crippen molar-refractivity contribution in [2.24, 2.45) is 7.05 Å². The Kier molecular flexibility index (Phi) is 6.62. The standard InChI is InChI=1S/C24H27FN4O3S/c1-17-10-11-18(16-21(17)33(31,32)29-13-6-3-7-14-29)24(30)27-22(23-26-12-15-28(23)2)19-8-4-5-9-20(19)25/h4-5,8-12,15-16,22H,3,6-7,13-14H2,1-2H3,(H,27,30)/t22-/m1/s1.